The van der Waals surface area contributed by atoms with Crippen molar-refractivity contribution in [3.8, 4) is 11.5 Å². The molecule has 1 saturated heterocycles. The number of amides is 1. The standard InChI is InChI=1S/C23H31N3O3/c1-3-28-20-8-10-21(11-9-20)29-17-12-24-23(27)18-25-13-15-26(16-14-25)22-7-5-4-6-19(22)2/h4-11H,3,12-18H2,1-2H3,(H,24,27)/p+1. The maximum Gasteiger partial charge on any atom is 0.275 e. The fraction of sp³-hybridized carbons (Fsp3) is 0.435. The van der Waals surface area contributed by atoms with Crippen molar-refractivity contribution in [2.75, 3.05) is 57.4 Å². The Labute approximate surface area is 173 Å². The van der Waals surface area contributed by atoms with E-state index in [-0.39, 0.29) is 5.91 Å². The summed E-state index contributed by atoms with van der Waals surface area (Å²) in [6.45, 7) is 10.2. The van der Waals surface area contributed by atoms with Gasteiger partial charge in [0.15, 0.2) is 6.54 Å². The Bertz CT molecular complexity index is 771. The van der Waals surface area contributed by atoms with E-state index in [2.05, 4.69) is 41.4 Å². The molecule has 6 nitrogen and oxygen atoms in total. The van der Waals surface area contributed by atoms with E-state index in [0.717, 1.165) is 37.7 Å². The van der Waals surface area contributed by atoms with Gasteiger partial charge in [-0.2, -0.15) is 0 Å². The molecule has 0 aliphatic carbocycles. The van der Waals surface area contributed by atoms with Gasteiger partial charge in [-0.05, 0) is 49.7 Å². The van der Waals surface area contributed by atoms with Gasteiger partial charge in [-0.25, -0.2) is 0 Å². The fourth-order valence-electron chi connectivity index (χ4n) is 3.61. The number of hydrogen-bond acceptors (Lipinski definition) is 4. The van der Waals surface area contributed by atoms with Crippen molar-refractivity contribution < 1.29 is 19.2 Å². The maximum atomic E-state index is 12.2. The molecule has 6 heteroatoms. The smallest absolute Gasteiger partial charge is 0.275 e. The molecule has 156 valence electrons. The van der Waals surface area contributed by atoms with E-state index in [1.807, 2.05) is 31.2 Å². The van der Waals surface area contributed by atoms with Gasteiger partial charge in [-0.3, -0.25) is 4.79 Å². The quantitative estimate of drug-likeness (QED) is 0.625. The molecule has 1 amide bonds. The minimum atomic E-state index is 0.0830. The Morgan fingerprint density at radius 1 is 1.03 bits per heavy atom. The average molecular weight is 399 g/mol. The van der Waals surface area contributed by atoms with E-state index in [1.165, 1.54) is 16.2 Å². The number of aryl methyl sites for hydroxylation is 1. The van der Waals surface area contributed by atoms with Crippen LogP contribution in [0.2, 0.25) is 0 Å². The van der Waals surface area contributed by atoms with E-state index >= 15 is 0 Å². The second kappa shape index (κ2) is 10.7. The predicted molar refractivity (Wildman–Crippen MR) is 115 cm³/mol. The summed E-state index contributed by atoms with van der Waals surface area (Å²) in [5, 5.41) is 2.96. The van der Waals surface area contributed by atoms with E-state index in [9.17, 15) is 4.79 Å². The van der Waals surface area contributed by atoms with Crippen molar-refractivity contribution >= 4 is 11.6 Å². The minimum Gasteiger partial charge on any atom is -0.494 e. The summed E-state index contributed by atoms with van der Waals surface area (Å²) in [4.78, 5) is 16.0. The normalized spacial score (nSPS) is 14.5. The number of carbonyl (C=O) groups excluding carboxylic acids is 1. The molecule has 0 aromatic heterocycles. The van der Waals surface area contributed by atoms with Crippen LogP contribution < -0.4 is 24.6 Å². The molecule has 29 heavy (non-hydrogen) atoms. The number of benzene rings is 2. The summed E-state index contributed by atoms with van der Waals surface area (Å²) >= 11 is 0. The van der Waals surface area contributed by atoms with Crippen molar-refractivity contribution in [2.45, 2.75) is 13.8 Å². The van der Waals surface area contributed by atoms with Crippen molar-refractivity contribution in [3.05, 3.63) is 54.1 Å². The van der Waals surface area contributed by atoms with Crippen LogP contribution in [0, 0.1) is 6.92 Å². The molecule has 0 bridgehead atoms. The van der Waals surface area contributed by atoms with Crippen LogP contribution in [0.25, 0.3) is 0 Å². The first-order chi connectivity index (χ1) is 14.2. The SMILES string of the molecule is CCOc1ccc(OCCNC(=O)C[NH+]2CCN(c3ccccc3C)CC2)cc1. The molecule has 2 aromatic carbocycles. The lowest BCUT2D eigenvalue weighted by atomic mass is 10.1. The third kappa shape index (κ3) is 6.39. The van der Waals surface area contributed by atoms with E-state index in [1.54, 1.807) is 0 Å². The third-order valence-corrected chi connectivity index (χ3v) is 5.16. The molecule has 0 spiro atoms. The highest BCUT2D eigenvalue weighted by atomic mass is 16.5. The van der Waals surface area contributed by atoms with Gasteiger partial charge in [0, 0.05) is 5.69 Å². The zero-order valence-corrected chi connectivity index (χ0v) is 17.4. The molecular formula is C23H32N3O3+. The minimum absolute atomic E-state index is 0.0830. The zero-order chi connectivity index (χ0) is 20.5. The van der Waals surface area contributed by atoms with Crippen molar-refractivity contribution in [2.24, 2.45) is 0 Å². The number of piperazine rings is 1. The summed E-state index contributed by atoms with van der Waals surface area (Å²) in [6, 6.07) is 16.0. The van der Waals surface area contributed by atoms with Crippen molar-refractivity contribution in [3.63, 3.8) is 0 Å². The van der Waals surface area contributed by atoms with E-state index in [0.29, 0.717) is 26.3 Å². The van der Waals surface area contributed by atoms with Gasteiger partial charge in [0.2, 0.25) is 0 Å². The molecular weight excluding hydrogens is 366 g/mol. The first kappa shape index (κ1) is 21.0. The number of nitrogens with one attached hydrogen (secondary N) is 2. The number of nitrogens with zero attached hydrogens (tertiary/aromatic N) is 1. The Hall–Kier alpha value is -2.73. The van der Waals surface area contributed by atoms with Gasteiger partial charge in [0.25, 0.3) is 5.91 Å². The largest absolute Gasteiger partial charge is 0.494 e. The molecule has 3 rings (SSSR count). The Morgan fingerprint density at radius 2 is 1.69 bits per heavy atom. The molecule has 0 radical (unpaired) electrons. The van der Waals surface area contributed by atoms with Gasteiger partial charge in [-0.1, -0.05) is 18.2 Å². The Kier molecular flexibility index (Phi) is 7.76. The number of carbonyl (C=O) groups is 1. The van der Waals surface area contributed by atoms with Crippen LogP contribution in [-0.2, 0) is 4.79 Å². The lowest BCUT2D eigenvalue weighted by molar-refractivity contribution is -0.892. The van der Waals surface area contributed by atoms with E-state index in [4.69, 9.17) is 9.47 Å². The first-order valence-electron chi connectivity index (χ1n) is 10.4. The highest BCUT2D eigenvalue weighted by molar-refractivity contribution is 5.76. The number of hydrogen-bond donors (Lipinski definition) is 2. The van der Waals surface area contributed by atoms with Crippen LogP contribution in [0.1, 0.15) is 12.5 Å². The highest BCUT2D eigenvalue weighted by Gasteiger charge is 2.22. The van der Waals surface area contributed by atoms with E-state index < -0.39 is 0 Å². The molecule has 0 atom stereocenters. The molecule has 1 aliphatic heterocycles. The molecule has 2 N–H and O–H groups in total. The van der Waals surface area contributed by atoms with Crippen LogP contribution in [0.3, 0.4) is 0 Å². The van der Waals surface area contributed by atoms with Crippen LogP contribution in [0.15, 0.2) is 48.5 Å². The molecule has 1 fully saturated rings. The van der Waals surface area contributed by atoms with Gasteiger partial charge >= 0.3 is 0 Å². The van der Waals surface area contributed by atoms with Gasteiger partial charge < -0.3 is 24.6 Å². The number of ether oxygens (including phenoxy) is 2. The second-order valence-corrected chi connectivity index (χ2v) is 7.30. The van der Waals surface area contributed by atoms with Crippen LogP contribution in [-0.4, -0.2) is 58.4 Å². The van der Waals surface area contributed by atoms with Crippen molar-refractivity contribution in [1.82, 2.24) is 5.32 Å². The summed E-state index contributed by atoms with van der Waals surface area (Å²) < 4.78 is 11.1. The zero-order valence-electron chi connectivity index (χ0n) is 17.4. The number of anilines is 1. The maximum absolute atomic E-state index is 12.2. The van der Waals surface area contributed by atoms with Crippen LogP contribution in [0.4, 0.5) is 5.69 Å². The molecule has 1 heterocycles. The van der Waals surface area contributed by atoms with Crippen molar-refractivity contribution in [1.29, 1.82) is 0 Å². The van der Waals surface area contributed by atoms with Crippen LogP contribution >= 0.6 is 0 Å². The third-order valence-electron chi connectivity index (χ3n) is 5.16. The first-order valence-corrected chi connectivity index (χ1v) is 10.4. The average Bonchev–Trinajstić information content (AvgIpc) is 2.74. The Morgan fingerprint density at radius 3 is 2.34 bits per heavy atom. The topological polar surface area (TPSA) is 55.2 Å². The lowest BCUT2D eigenvalue weighted by Gasteiger charge is -2.34. The lowest BCUT2D eigenvalue weighted by Crippen LogP contribution is -3.16. The van der Waals surface area contributed by atoms with Gasteiger partial charge in [0.05, 0.1) is 39.3 Å². The molecule has 1 aliphatic rings. The summed E-state index contributed by atoms with van der Waals surface area (Å²) in [5.41, 5.74) is 2.61. The summed E-state index contributed by atoms with van der Waals surface area (Å²) in [6.07, 6.45) is 0. The van der Waals surface area contributed by atoms with Gasteiger partial charge in [-0.15, -0.1) is 0 Å². The number of para-hydroxylation sites is 1. The monoisotopic (exact) mass is 398 g/mol. The Balaban J connectivity index is 1.32. The predicted octanol–water partition coefficient (Wildman–Crippen LogP) is 1.29. The molecule has 0 saturated carbocycles. The molecule has 2 aromatic rings. The second-order valence-electron chi connectivity index (χ2n) is 7.30. The summed E-state index contributed by atoms with van der Waals surface area (Å²) in [7, 11) is 0. The number of rotatable bonds is 9. The highest BCUT2D eigenvalue weighted by Crippen LogP contribution is 2.19. The fourth-order valence-corrected chi connectivity index (χ4v) is 3.61. The number of quaternary nitrogens is 1. The molecule has 0 unspecified atom stereocenters. The van der Waals surface area contributed by atoms with Gasteiger partial charge in [0.1, 0.15) is 18.1 Å². The van der Waals surface area contributed by atoms with Crippen LogP contribution in [0.5, 0.6) is 11.5 Å². The summed E-state index contributed by atoms with van der Waals surface area (Å²) in [5.74, 6) is 1.69.